The second kappa shape index (κ2) is 3.28. The predicted molar refractivity (Wildman–Crippen MR) is 41.6 cm³/mol. The van der Waals surface area contributed by atoms with Gasteiger partial charge in [-0.2, -0.15) is 5.26 Å². The summed E-state index contributed by atoms with van der Waals surface area (Å²) in [7, 11) is 0. The molecule has 0 saturated carbocycles. The summed E-state index contributed by atoms with van der Waals surface area (Å²) in [5.74, 6) is -0.0866. The van der Waals surface area contributed by atoms with E-state index >= 15 is 0 Å². The second-order valence-electron chi connectivity index (χ2n) is 2.04. The Labute approximate surface area is 68.1 Å². The Morgan fingerprint density at radius 1 is 1.50 bits per heavy atom. The first-order valence-electron chi connectivity index (χ1n) is 3.05. The van der Waals surface area contributed by atoms with E-state index in [0.717, 1.165) is 0 Å². The molecule has 58 valence electrons. The van der Waals surface area contributed by atoms with E-state index in [2.05, 4.69) is 10.0 Å². The number of hydrogen-bond acceptors (Lipinski definition) is 3. The molecule has 0 aliphatic carbocycles. The Morgan fingerprint density at radius 3 is 2.83 bits per heavy atom. The van der Waals surface area contributed by atoms with Crippen molar-refractivity contribution >= 4 is 5.69 Å². The van der Waals surface area contributed by atoms with Crippen LogP contribution in [0.4, 0.5) is 5.69 Å². The lowest BCUT2D eigenvalue weighted by Gasteiger charge is -1.94. The fraction of sp³-hybridized carbons (Fsp3) is 0. The Morgan fingerprint density at radius 2 is 2.25 bits per heavy atom. The Kier molecular flexibility index (Phi) is 2.17. The van der Waals surface area contributed by atoms with Crippen molar-refractivity contribution in [2.45, 2.75) is 0 Å². The molecule has 1 aromatic rings. The molecule has 1 N–H and O–H groups in total. The summed E-state index contributed by atoms with van der Waals surface area (Å²) in [5.41, 5.74) is 8.56. The molecule has 0 spiro atoms. The standard InChI is InChI=1S/C7H4N4O/c8-4-5-1-6(10-11-9)3-7(12)2-5/h1-3,12H. The molecule has 5 heteroatoms. The molecule has 0 amide bonds. The van der Waals surface area contributed by atoms with Gasteiger partial charge in [0.1, 0.15) is 5.75 Å². The molecule has 0 aliphatic rings. The maximum Gasteiger partial charge on any atom is 0.117 e. The first-order chi connectivity index (χ1) is 5.76. The highest BCUT2D eigenvalue weighted by Gasteiger charge is 1.96. The van der Waals surface area contributed by atoms with Crippen LogP contribution >= 0.6 is 0 Å². The normalized spacial score (nSPS) is 8.25. The molecule has 0 aliphatic heterocycles. The highest BCUT2D eigenvalue weighted by atomic mass is 16.3. The molecule has 0 atom stereocenters. The zero-order valence-electron chi connectivity index (χ0n) is 5.97. The average Bonchev–Trinajstić information content (AvgIpc) is 2.04. The van der Waals surface area contributed by atoms with E-state index in [1.807, 2.05) is 6.07 Å². The zero-order valence-corrected chi connectivity index (χ0v) is 5.97. The highest BCUT2D eigenvalue weighted by Crippen LogP contribution is 2.21. The van der Waals surface area contributed by atoms with Gasteiger partial charge in [0.15, 0.2) is 0 Å². The first-order valence-corrected chi connectivity index (χ1v) is 3.05. The molecule has 1 aromatic carbocycles. The van der Waals surface area contributed by atoms with Gasteiger partial charge >= 0.3 is 0 Å². The molecular formula is C7H4N4O. The van der Waals surface area contributed by atoms with Crippen molar-refractivity contribution in [3.8, 4) is 11.8 Å². The van der Waals surface area contributed by atoms with Gasteiger partial charge in [-0.15, -0.1) is 0 Å². The van der Waals surface area contributed by atoms with E-state index in [1.54, 1.807) is 0 Å². The van der Waals surface area contributed by atoms with Gasteiger partial charge in [0.2, 0.25) is 0 Å². The molecular weight excluding hydrogens is 156 g/mol. The van der Waals surface area contributed by atoms with Crippen molar-refractivity contribution in [3.63, 3.8) is 0 Å². The lowest BCUT2D eigenvalue weighted by molar-refractivity contribution is 0.475. The molecule has 1 rings (SSSR count). The van der Waals surface area contributed by atoms with Crippen molar-refractivity contribution in [3.05, 3.63) is 34.2 Å². The summed E-state index contributed by atoms with van der Waals surface area (Å²) in [5, 5.41) is 20.7. The second-order valence-corrected chi connectivity index (χ2v) is 2.04. The van der Waals surface area contributed by atoms with Crippen LogP contribution in [0.25, 0.3) is 10.4 Å². The largest absolute Gasteiger partial charge is 0.508 e. The molecule has 0 aromatic heterocycles. The van der Waals surface area contributed by atoms with Crippen LogP contribution in [0.15, 0.2) is 23.3 Å². The van der Waals surface area contributed by atoms with Gasteiger partial charge in [-0.3, -0.25) is 0 Å². The molecule has 5 nitrogen and oxygen atoms in total. The van der Waals surface area contributed by atoms with Crippen molar-refractivity contribution in [2.24, 2.45) is 5.11 Å². The van der Waals surface area contributed by atoms with E-state index in [0.29, 0.717) is 0 Å². The van der Waals surface area contributed by atoms with Gasteiger partial charge in [0.25, 0.3) is 0 Å². The quantitative estimate of drug-likeness (QED) is 0.387. The third-order valence-corrected chi connectivity index (χ3v) is 1.19. The van der Waals surface area contributed by atoms with Gasteiger partial charge in [0, 0.05) is 10.6 Å². The fourth-order valence-corrected chi connectivity index (χ4v) is 0.769. The van der Waals surface area contributed by atoms with Crippen molar-refractivity contribution < 1.29 is 5.11 Å². The fourth-order valence-electron chi connectivity index (χ4n) is 0.769. The van der Waals surface area contributed by atoms with Gasteiger partial charge in [-0.05, 0) is 23.7 Å². The highest BCUT2D eigenvalue weighted by molar-refractivity contribution is 5.50. The number of benzene rings is 1. The zero-order chi connectivity index (χ0) is 8.97. The van der Waals surface area contributed by atoms with Crippen LogP contribution in [-0.2, 0) is 0 Å². The summed E-state index contributed by atoms with van der Waals surface area (Å²) < 4.78 is 0. The van der Waals surface area contributed by atoms with Crippen molar-refractivity contribution in [1.82, 2.24) is 0 Å². The molecule has 0 heterocycles. The molecule has 0 saturated heterocycles. The average molecular weight is 160 g/mol. The minimum Gasteiger partial charge on any atom is -0.508 e. The minimum absolute atomic E-state index is 0.0866. The van der Waals surface area contributed by atoms with Crippen LogP contribution in [0, 0.1) is 11.3 Å². The summed E-state index contributed by atoms with van der Waals surface area (Å²) in [6, 6.07) is 5.78. The topological polar surface area (TPSA) is 92.8 Å². The van der Waals surface area contributed by atoms with Gasteiger partial charge in [-0.1, -0.05) is 5.11 Å². The summed E-state index contributed by atoms with van der Waals surface area (Å²) in [6.45, 7) is 0. The van der Waals surface area contributed by atoms with Crippen LogP contribution in [0.3, 0.4) is 0 Å². The molecule has 0 radical (unpaired) electrons. The van der Waals surface area contributed by atoms with Crippen LogP contribution in [0.2, 0.25) is 0 Å². The summed E-state index contributed by atoms with van der Waals surface area (Å²) in [4.78, 5) is 2.53. The van der Waals surface area contributed by atoms with Gasteiger partial charge in [0.05, 0.1) is 11.6 Å². The van der Waals surface area contributed by atoms with E-state index in [9.17, 15) is 0 Å². The molecule has 0 unspecified atom stereocenters. The number of azide groups is 1. The SMILES string of the molecule is N#Cc1cc(O)cc(N=[N+]=[N-])c1. The Bertz CT molecular complexity index is 387. The molecule has 0 bridgehead atoms. The van der Waals surface area contributed by atoms with Crippen molar-refractivity contribution in [1.29, 1.82) is 5.26 Å². The van der Waals surface area contributed by atoms with Crippen LogP contribution < -0.4 is 0 Å². The first kappa shape index (κ1) is 7.92. The number of phenols is 1. The number of hydrogen-bond donors (Lipinski definition) is 1. The third-order valence-electron chi connectivity index (χ3n) is 1.19. The third kappa shape index (κ3) is 1.66. The van der Waals surface area contributed by atoms with Crippen LogP contribution in [0.1, 0.15) is 5.56 Å². The summed E-state index contributed by atoms with van der Waals surface area (Å²) >= 11 is 0. The van der Waals surface area contributed by atoms with Gasteiger partial charge < -0.3 is 5.11 Å². The Balaban J connectivity index is 3.25. The van der Waals surface area contributed by atoms with Crippen LogP contribution in [0.5, 0.6) is 5.75 Å². The smallest absolute Gasteiger partial charge is 0.117 e. The van der Waals surface area contributed by atoms with Gasteiger partial charge in [-0.25, -0.2) is 0 Å². The number of nitriles is 1. The lowest BCUT2D eigenvalue weighted by Crippen LogP contribution is -1.72. The molecule has 0 fully saturated rings. The number of rotatable bonds is 1. The number of aromatic hydroxyl groups is 1. The molecule has 12 heavy (non-hydrogen) atoms. The predicted octanol–water partition coefficient (Wildman–Crippen LogP) is 2.21. The van der Waals surface area contributed by atoms with E-state index < -0.39 is 0 Å². The van der Waals surface area contributed by atoms with E-state index in [-0.39, 0.29) is 17.0 Å². The minimum atomic E-state index is -0.0866. The Hall–Kier alpha value is -2.18. The maximum atomic E-state index is 9.02. The number of nitrogens with zero attached hydrogens (tertiary/aromatic N) is 4. The maximum absolute atomic E-state index is 9.02. The van der Waals surface area contributed by atoms with Crippen molar-refractivity contribution in [2.75, 3.05) is 0 Å². The van der Waals surface area contributed by atoms with E-state index in [1.165, 1.54) is 18.2 Å². The van der Waals surface area contributed by atoms with Crippen LogP contribution in [-0.4, -0.2) is 5.11 Å². The van der Waals surface area contributed by atoms with E-state index in [4.69, 9.17) is 15.9 Å². The number of phenolic OH excluding ortho intramolecular Hbond substituents is 1. The summed E-state index contributed by atoms with van der Waals surface area (Å²) in [6.07, 6.45) is 0. The lowest BCUT2D eigenvalue weighted by atomic mass is 10.2. The monoisotopic (exact) mass is 160 g/mol.